The first-order valence-corrected chi connectivity index (χ1v) is 11.4. The van der Waals surface area contributed by atoms with Gasteiger partial charge in [0.05, 0.1) is 18.1 Å². The van der Waals surface area contributed by atoms with Crippen LogP contribution in [0.15, 0.2) is 11.6 Å². The van der Waals surface area contributed by atoms with Gasteiger partial charge in [-0.1, -0.05) is 60.0 Å². The SMILES string of the molecule is C/C(=C\[C@H](C(C)C)N(C)C(=O)CNC(=O)C1(N(C)C)CCCCC1)C(=O)O.CC(C)C. The topological polar surface area (TPSA) is 90.0 Å². The molecular weight excluding hydrogens is 394 g/mol. The van der Waals surface area contributed by atoms with Crippen LogP contribution in [0.5, 0.6) is 0 Å². The molecule has 2 amide bonds. The van der Waals surface area contributed by atoms with Gasteiger partial charge in [-0.2, -0.15) is 0 Å². The molecule has 31 heavy (non-hydrogen) atoms. The molecule has 0 aromatic carbocycles. The van der Waals surface area contributed by atoms with Crippen molar-refractivity contribution in [2.75, 3.05) is 27.7 Å². The average Bonchev–Trinajstić information content (AvgIpc) is 2.68. The lowest BCUT2D eigenvalue weighted by Crippen LogP contribution is -2.58. The van der Waals surface area contributed by atoms with E-state index in [-0.39, 0.29) is 35.9 Å². The summed E-state index contributed by atoms with van der Waals surface area (Å²) >= 11 is 0. The molecular formula is C24H45N3O4. The van der Waals surface area contributed by atoms with Crippen molar-refractivity contribution < 1.29 is 19.5 Å². The Labute approximate surface area is 189 Å². The van der Waals surface area contributed by atoms with Crippen molar-refractivity contribution in [1.82, 2.24) is 15.1 Å². The van der Waals surface area contributed by atoms with Gasteiger partial charge >= 0.3 is 5.97 Å². The predicted octanol–water partition coefficient (Wildman–Crippen LogP) is 3.54. The Morgan fingerprint density at radius 1 is 1.00 bits per heavy atom. The largest absolute Gasteiger partial charge is 0.478 e. The molecule has 1 saturated carbocycles. The highest BCUT2D eigenvalue weighted by Gasteiger charge is 2.41. The molecule has 0 heterocycles. The number of hydrogen-bond acceptors (Lipinski definition) is 4. The number of carbonyl (C=O) groups is 3. The Kier molecular flexibility index (Phi) is 12.7. The lowest BCUT2D eigenvalue weighted by atomic mass is 9.80. The van der Waals surface area contributed by atoms with Crippen LogP contribution in [0.25, 0.3) is 0 Å². The first kappa shape index (κ1) is 29.1. The maximum Gasteiger partial charge on any atom is 0.331 e. The molecule has 1 aliphatic rings. The minimum Gasteiger partial charge on any atom is -0.478 e. The molecule has 2 N–H and O–H groups in total. The van der Waals surface area contributed by atoms with Crippen molar-refractivity contribution >= 4 is 17.8 Å². The molecule has 0 aromatic heterocycles. The molecule has 0 bridgehead atoms. The number of carboxylic acids is 1. The summed E-state index contributed by atoms with van der Waals surface area (Å²) in [6.07, 6.45) is 6.34. The lowest BCUT2D eigenvalue weighted by molar-refractivity contribution is -0.138. The molecule has 0 radical (unpaired) electrons. The van der Waals surface area contributed by atoms with Gasteiger partial charge in [0.25, 0.3) is 0 Å². The first-order valence-electron chi connectivity index (χ1n) is 11.4. The van der Waals surface area contributed by atoms with E-state index in [4.69, 9.17) is 5.11 Å². The number of rotatable bonds is 8. The van der Waals surface area contributed by atoms with E-state index in [9.17, 15) is 14.4 Å². The molecule has 0 aromatic rings. The van der Waals surface area contributed by atoms with Crippen LogP contribution < -0.4 is 5.32 Å². The van der Waals surface area contributed by atoms with Crippen molar-refractivity contribution in [1.29, 1.82) is 0 Å². The van der Waals surface area contributed by atoms with E-state index >= 15 is 0 Å². The van der Waals surface area contributed by atoms with Gasteiger partial charge in [-0.15, -0.1) is 0 Å². The van der Waals surface area contributed by atoms with Gasteiger partial charge in [0, 0.05) is 12.6 Å². The van der Waals surface area contributed by atoms with Crippen LogP contribution in [0.4, 0.5) is 0 Å². The Bertz CT molecular complexity index is 618. The Hall–Kier alpha value is -1.89. The number of nitrogens with zero attached hydrogens (tertiary/aromatic N) is 2. The van der Waals surface area contributed by atoms with Crippen LogP contribution in [0.3, 0.4) is 0 Å². The van der Waals surface area contributed by atoms with Crippen molar-refractivity contribution in [2.24, 2.45) is 11.8 Å². The summed E-state index contributed by atoms with van der Waals surface area (Å²) in [6.45, 7) is 11.8. The third kappa shape index (κ3) is 9.42. The van der Waals surface area contributed by atoms with E-state index in [1.165, 1.54) is 11.8 Å². The van der Waals surface area contributed by atoms with Gasteiger partial charge in [0.2, 0.25) is 11.8 Å². The minimum atomic E-state index is -1.000. The second-order valence-electron chi connectivity index (χ2n) is 9.80. The summed E-state index contributed by atoms with van der Waals surface area (Å²) in [5.41, 5.74) is -0.347. The molecule has 0 aliphatic heterocycles. The predicted molar refractivity (Wildman–Crippen MR) is 126 cm³/mol. The van der Waals surface area contributed by atoms with Crippen LogP contribution in [-0.4, -0.2) is 72.0 Å². The number of amides is 2. The normalized spacial score (nSPS) is 17.1. The maximum absolute atomic E-state index is 12.8. The fourth-order valence-corrected chi connectivity index (χ4v) is 3.70. The number of nitrogens with one attached hydrogen (secondary N) is 1. The minimum absolute atomic E-state index is 0.0513. The Morgan fingerprint density at radius 3 is 1.87 bits per heavy atom. The fraction of sp³-hybridized carbons (Fsp3) is 0.792. The molecule has 1 aliphatic carbocycles. The van der Waals surface area contributed by atoms with Crippen LogP contribution in [-0.2, 0) is 14.4 Å². The zero-order valence-electron chi connectivity index (χ0n) is 21.1. The summed E-state index contributed by atoms with van der Waals surface area (Å²) < 4.78 is 0. The van der Waals surface area contributed by atoms with Crippen LogP contribution >= 0.6 is 0 Å². The van der Waals surface area contributed by atoms with Crippen LogP contribution in [0, 0.1) is 11.8 Å². The summed E-state index contributed by atoms with van der Waals surface area (Å²) in [5.74, 6) is -0.455. The van der Waals surface area contributed by atoms with Gasteiger partial charge in [-0.05, 0) is 45.7 Å². The van der Waals surface area contributed by atoms with E-state index in [2.05, 4.69) is 26.1 Å². The van der Waals surface area contributed by atoms with Gasteiger partial charge in [-0.25, -0.2) is 4.79 Å². The molecule has 1 atom stereocenters. The van der Waals surface area contributed by atoms with Crippen LogP contribution in [0.1, 0.15) is 73.6 Å². The third-order valence-corrected chi connectivity index (χ3v) is 5.64. The van der Waals surface area contributed by atoms with Gasteiger partial charge < -0.3 is 15.3 Å². The Morgan fingerprint density at radius 2 is 1.48 bits per heavy atom. The molecule has 7 heteroatoms. The van der Waals surface area contributed by atoms with Gasteiger partial charge in [0.1, 0.15) is 0 Å². The van der Waals surface area contributed by atoms with Crippen LogP contribution in [0.2, 0.25) is 0 Å². The number of likely N-dealkylation sites (N-methyl/N-ethyl adjacent to an activating group) is 2. The standard InChI is InChI=1S/C20H35N3O4.C4H10/c1-14(2)16(12-15(3)18(25)26)23(6)17(24)13-21-19(27)20(22(4)5)10-8-7-9-11-20;1-4(2)3/h12,14,16H,7-11,13H2,1-6H3,(H,21,27)(H,25,26);4H,1-3H3/b15-12+;/t16-;/m1./s1. The molecule has 0 saturated heterocycles. The highest BCUT2D eigenvalue weighted by Crippen LogP contribution is 2.32. The van der Waals surface area contributed by atoms with Crippen molar-refractivity contribution in [3.63, 3.8) is 0 Å². The molecule has 0 spiro atoms. The highest BCUT2D eigenvalue weighted by atomic mass is 16.4. The summed E-state index contributed by atoms with van der Waals surface area (Å²) in [5, 5.41) is 11.9. The quantitative estimate of drug-likeness (QED) is 0.565. The van der Waals surface area contributed by atoms with E-state index in [0.29, 0.717) is 0 Å². The molecule has 180 valence electrons. The summed E-state index contributed by atoms with van der Waals surface area (Å²) in [7, 11) is 5.47. The van der Waals surface area contributed by atoms with Gasteiger partial charge in [-0.3, -0.25) is 14.5 Å². The van der Waals surface area contributed by atoms with Crippen molar-refractivity contribution in [3.8, 4) is 0 Å². The molecule has 7 nitrogen and oxygen atoms in total. The Balaban J connectivity index is 0.00000206. The average molecular weight is 440 g/mol. The van der Waals surface area contributed by atoms with Crippen molar-refractivity contribution in [2.45, 2.75) is 85.2 Å². The smallest absolute Gasteiger partial charge is 0.331 e. The lowest BCUT2D eigenvalue weighted by Gasteiger charge is -2.41. The third-order valence-electron chi connectivity index (χ3n) is 5.64. The number of aliphatic carboxylic acids is 1. The van der Waals surface area contributed by atoms with E-state index in [1.54, 1.807) is 13.1 Å². The molecule has 1 fully saturated rings. The van der Waals surface area contributed by atoms with Crippen molar-refractivity contribution in [3.05, 3.63) is 11.6 Å². The highest BCUT2D eigenvalue weighted by molar-refractivity contribution is 5.90. The molecule has 1 rings (SSSR count). The summed E-state index contributed by atoms with van der Waals surface area (Å²) in [4.78, 5) is 40.1. The second-order valence-corrected chi connectivity index (χ2v) is 9.80. The van der Waals surface area contributed by atoms with E-state index < -0.39 is 11.5 Å². The summed E-state index contributed by atoms with van der Waals surface area (Å²) in [6, 6.07) is -0.344. The first-order chi connectivity index (χ1) is 14.3. The van der Waals surface area contributed by atoms with E-state index in [1.807, 2.05) is 32.8 Å². The number of carboxylic acid groups (broad SMARTS) is 1. The maximum atomic E-state index is 12.8. The number of hydrogen-bond donors (Lipinski definition) is 2. The number of carbonyl (C=O) groups excluding carboxylic acids is 2. The second kappa shape index (κ2) is 13.5. The monoisotopic (exact) mass is 439 g/mol. The fourth-order valence-electron chi connectivity index (χ4n) is 3.70. The molecule has 0 unspecified atom stereocenters. The zero-order chi connectivity index (χ0) is 24.4. The zero-order valence-corrected chi connectivity index (χ0v) is 21.1. The van der Waals surface area contributed by atoms with E-state index in [0.717, 1.165) is 38.0 Å². The van der Waals surface area contributed by atoms with Gasteiger partial charge in [0.15, 0.2) is 0 Å².